The SMILES string of the molecule is CC(NCC(=O)OC(C)(C)C)C1CCOC1. The highest BCUT2D eigenvalue weighted by Crippen LogP contribution is 2.16. The Labute approximate surface area is 97.7 Å². The van der Waals surface area contributed by atoms with E-state index >= 15 is 0 Å². The molecule has 2 unspecified atom stereocenters. The van der Waals surface area contributed by atoms with Gasteiger partial charge in [-0.3, -0.25) is 4.79 Å². The van der Waals surface area contributed by atoms with Crippen LogP contribution in [0.5, 0.6) is 0 Å². The highest BCUT2D eigenvalue weighted by molar-refractivity contribution is 5.72. The van der Waals surface area contributed by atoms with Gasteiger partial charge in [0.2, 0.25) is 0 Å². The molecule has 0 aromatic heterocycles. The van der Waals surface area contributed by atoms with Gasteiger partial charge >= 0.3 is 5.97 Å². The predicted molar refractivity (Wildman–Crippen MR) is 62.2 cm³/mol. The van der Waals surface area contributed by atoms with E-state index < -0.39 is 5.60 Å². The minimum absolute atomic E-state index is 0.196. The maximum atomic E-state index is 11.5. The average Bonchev–Trinajstić information content (AvgIpc) is 2.64. The van der Waals surface area contributed by atoms with Crippen LogP contribution in [-0.4, -0.2) is 37.4 Å². The number of esters is 1. The van der Waals surface area contributed by atoms with Crippen molar-refractivity contribution in [3.05, 3.63) is 0 Å². The van der Waals surface area contributed by atoms with E-state index in [1.165, 1.54) is 0 Å². The third-order valence-electron chi connectivity index (χ3n) is 2.66. The van der Waals surface area contributed by atoms with E-state index in [0.29, 0.717) is 12.0 Å². The lowest BCUT2D eigenvalue weighted by Crippen LogP contribution is -2.39. The molecule has 0 aromatic carbocycles. The molecule has 4 nitrogen and oxygen atoms in total. The van der Waals surface area contributed by atoms with Crippen LogP contribution in [0, 0.1) is 5.92 Å². The molecule has 1 rings (SSSR count). The summed E-state index contributed by atoms with van der Waals surface area (Å²) in [6.45, 7) is 9.61. The number of hydrogen-bond acceptors (Lipinski definition) is 4. The van der Waals surface area contributed by atoms with Gasteiger partial charge in [0.25, 0.3) is 0 Å². The first-order valence-electron chi connectivity index (χ1n) is 5.91. The normalized spacial score (nSPS) is 23.1. The van der Waals surface area contributed by atoms with Gasteiger partial charge in [0, 0.05) is 12.6 Å². The van der Waals surface area contributed by atoms with Crippen molar-refractivity contribution in [3.8, 4) is 0 Å². The molecule has 0 saturated carbocycles. The molecule has 1 fully saturated rings. The minimum atomic E-state index is -0.404. The summed E-state index contributed by atoms with van der Waals surface area (Å²) in [4.78, 5) is 11.5. The van der Waals surface area contributed by atoms with Crippen molar-refractivity contribution in [2.75, 3.05) is 19.8 Å². The maximum Gasteiger partial charge on any atom is 0.320 e. The number of carbonyl (C=O) groups is 1. The van der Waals surface area contributed by atoms with Crippen molar-refractivity contribution < 1.29 is 14.3 Å². The van der Waals surface area contributed by atoms with Gasteiger partial charge in [-0.15, -0.1) is 0 Å². The summed E-state index contributed by atoms with van der Waals surface area (Å²) in [6, 6.07) is 0.301. The van der Waals surface area contributed by atoms with Crippen molar-refractivity contribution in [1.29, 1.82) is 0 Å². The lowest BCUT2D eigenvalue weighted by molar-refractivity contribution is -0.153. The zero-order chi connectivity index (χ0) is 12.2. The van der Waals surface area contributed by atoms with Crippen LogP contribution in [0.4, 0.5) is 0 Å². The molecule has 1 aliphatic heterocycles. The second-order valence-electron chi connectivity index (χ2n) is 5.38. The Balaban J connectivity index is 2.20. The minimum Gasteiger partial charge on any atom is -0.459 e. The summed E-state index contributed by atoms with van der Waals surface area (Å²) in [5.74, 6) is 0.320. The monoisotopic (exact) mass is 229 g/mol. The molecular formula is C12H23NO3. The first-order chi connectivity index (χ1) is 7.38. The number of ether oxygens (including phenoxy) is 2. The molecule has 0 aliphatic carbocycles. The Kier molecular flexibility index (Phi) is 4.74. The fourth-order valence-corrected chi connectivity index (χ4v) is 1.74. The van der Waals surface area contributed by atoms with Crippen LogP contribution in [0.25, 0.3) is 0 Å². The fraction of sp³-hybridized carbons (Fsp3) is 0.917. The van der Waals surface area contributed by atoms with Crippen LogP contribution in [0.3, 0.4) is 0 Å². The van der Waals surface area contributed by atoms with Crippen molar-refractivity contribution in [3.63, 3.8) is 0 Å². The number of hydrogen-bond donors (Lipinski definition) is 1. The molecule has 0 amide bonds. The average molecular weight is 229 g/mol. The molecule has 94 valence electrons. The van der Waals surface area contributed by atoms with Crippen LogP contribution >= 0.6 is 0 Å². The van der Waals surface area contributed by atoms with Crippen molar-refractivity contribution in [2.24, 2.45) is 5.92 Å². The van der Waals surface area contributed by atoms with Gasteiger partial charge in [-0.1, -0.05) is 0 Å². The number of rotatable bonds is 4. The maximum absolute atomic E-state index is 11.5. The third kappa shape index (κ3) is 4.94. The Morgan fingerprint density at radius 3 is 2.75 bits per heavy atom. The van der Waals surface area contributed by atoms with E-state index in [2.05, 4.69) is 12.2 Å². The highest BCUT2D eigenvalue weighted by atomic mass is 16.6. The molecule has 1 N–H and O–H groups in total. The molecule has 0 bridgehead atoms. The highest BCUT2D eigenvalue weighted by Gasteiger charge is 2.23. The first-order valence-corrected chi connectivity index (χ1v) is 5.91. The number of carbonyl (C=O) groups excluding carboxylic acids is 1. The fourth-order valence-electron chi connectivity index (χ4n) is 1.74. The van der Waals surface area contributed by atoms with Crippen LogP contribution < -0.4 is 5.32 Å². The standard InChI is InChI=1S/C12H23NO3/c1-9(10-5-6-15-8-10)13-7-11(14)16-12(2,3)4/h9-10,13H,5-8H2,1-4H3. The second kappa shape index (κ2) is 5.64. The van der Waals surface area contributed by atoms with Gasteiger partial charge in [-0.2, -0.15) is 0 Å². The number of nitrogens with one attached hydrogen (secondary N) is 1. The molecule has 2 atom stereocenters. The molecule has 1 aliphatic rings. The van der Waals surface area contributed by atoms with E-state index in [0.717, 1.165) is 19.6 Å². The molecule has 16 heavy (non-hydrogen) atoms. The predicted octanol–water partition coefficient (Wildman–Crippen LogP) is 1.34. The van der Waals surface area contributed by atoms with Crippen LogP contribution in [0.1, 0.15) is 34.1 Å². The van der Waals surface area contributed by atoms with Crippen LogP contribution in [-0.2, 0) is 14.3 Å². The van der Waals surface area contributed by atoms with Crippen molar-refractivity contribution >= 4 is 5.97 Å². The first kappa shape index (κ1) is 13.5. The molecule has 4 heteroatoms. The van der Waals surface area contributed by atoms with E-state index in [1.54, 1.807) is 0 Å². The molecular weight excluding hydrogens is 206 g/mol. The summed E-state index contributed by atoms with van der Waals surface area (Å²) >= 11 is 0. The molecule has 1 saturated heterocycles. The van der Waals surface area contributed by atoms with E-state index in [9.17, 15) is 4.79 Å². The summed E-state index contributed by atoms with van der Waals surface area (Å²) in [6.07, 6.45) is 1.07. The smallest absolute Gasteiger partial charge is 0.320 e. The lowest BCUT2D eigenvalue weighted by Gasteiger charge is -2.22. The van der Waals surface area contributed by atoms with Crippen LogP contribution in [0.2, 0.25) is 0 Å². The molecule has 0 aromatic rings. The summed E-state index contributed by atoms with van der Waals surface area (Å²) in [5.41, 5.74) is -0.404. The Morgan fingerprint density at radius 1 is 1.56 bits per heavy atom. The van der Waals surface area contributed by atoms with E-state index in [-0.39, 0.29) is 12.5 Å². The largest absolute Gasteiger partial charge is 0.459 e. The van der Waals surface area contributed by atoms with Gasteiger partial charge in [0.05, 0.1) is 13.2 Å². The molecule has 1 heterocycles. The lowest BCUT2D eigenvalue weighted by atomic mass is 10.0. The van der Waals surface area contributed by atoms with Gasteiger partial charge in [0.1, 0.15) is 5.60 Å². The van der Waals surface area contributed by atoms with E-state index in [4.69, 9.17) is 9.47 Å². The third-order valence-corrected chi connectivity index (χ3v) is 2.66. The Hall–Kier alpha value is -0.610. The Bertz CT molecular complexity index is 229. The molecule has 0 spiro atoms. The van der Waals surface area contributed by atoms with Gasteiger partial charge in [-0.05, 0) is 40.0 Å². The topological polar surface area (TPSA) is 47.6 Å². The quantitative estimate of drug-likeness (QED) is 0.739. The van der Waals surface area contributed by atoms with Crippen molar-refractivity contribution in [1.82, 2.24) is 5.32 Å². The van der Waals surface area contributed by atoms with E-state index in [1.807, 2.05) is 20.8 Å². The molecule has 0 radical (unpaired) electrons. The van der Waals surface area contributed by atoms with Gasteiger partial charge in [0.15, 0.2) is 0 Å². The van der Waals surface area contributed by atoms with Gasteiger partial charge < -0.3 is 14.8 Å². The summed E-state index contributed by atoms with van der Waals surface area (Å²) in [5, 5.41) is 3.19. The van der Waals surface area contributed by atoms with Gasteiger partial charge in [-0.25, -0.2) is 0 Å². The Morgan fingerprint density at radius 2 is 2.25 bits per heavy atom. The zero-order valence-corrected chi connectivity index (χ0v) is 10.7. The summed E-state index contributed by atoms with van der Waals surface area (Å²) < 4.78 is 10.5. The zero-order valence-electron chi connectivity index (χ0n) is 10.7. The second-order valence-corrected chi connectivity index (χ2v) is 5.38. The summed E-state index contributed by atoms with van der Waals surface area (Å²) in [7, 11) is 0. The van der Waals surface area contributed by atoms with Crippen molar-refractivity contribution in [2.45, 2.75) is 45.8 Å². The van der Waals surface area contributed by atoms with Crippen LogP contribution in [0.15, 0.2) is 0 Å².